The van der Waals surface area contributed by atoms with Crippen molar-refractivity contribution >= 4 is 11.8 Å². The van der Waals surface area contributed by atoms with Crippen LogP contribution >= 0.6 is 11.8 Å². The molecule has 2 atom stereocenters. The second-order valence-corrected chi connectivity index (χ2v) is 6.35. The highest BCUT2D eigenvalue weighted by Gasteiger charge is 2.23. The summed E-state index contributed by atoms with van der Waals surface area (Å²) in [6.07, 6.45) is 2.34. The van der Waals surface area contributed by atoms with Crippen LogP contribution in [0.3, 0.4) is 0 Å². The van der Waals surface area contributed by atoms with Crippen LogP contribution < -0.4 is 5.32 Å². The fourth-order valence-electron chi connectivity index (χ4n) is 1.49. The van der Waals surface area contributed by atoms with E-state index in [1.54, 1.807) is 0 Å². The van der Waals surface area contributed by atoms with E-state index in [1.807, 2.05) is 11.8 Å². The van der Waals surface area contributed by atoms with Crippen molar-refractivity contribution < 1.29 is 5.11 Å². The van der Waals surface area contributed by atoms with Crippen LogP contribution in [0.4, 0.5) is 0 Å². The smallest absolute Gasteiger partial charge is 0.0712 e. The lowest BCUT2D eigenvalue weighted by atomic mass is 9.89. The third-order valence-corrected chi connectivity index (χ3v) is 3.98. The van der Waals surface area contributed by atoms with Gasteiger partial charge in [-0.3, -0.25) is 0 Å². The van der Waals surface area contributed by atoms with Gasteiger partial charge in [-0.2, -0.15) is 11.8 Å². The molecule has 0 saturated carbocycles. The molecule has 0 aromatic rings. The topological polar surface area (TPSA) is 32.3 Å². The van der Waals surface area contributed by atoms with Gasteiger partial charge in [0.05, 0.1) is 6.10 Å². The van der Waals surface area contributed by atoms with Crippen LogP contribution in [0.25, 0.3) is 0 Å². The molecule has 2 N–H and O–H groups in total. The molecule has 14 heavy (non-hydrogen) atoms. The normalized spacial score (nSPS) is 26.1. The quantitative estimate of drug-likeness (QED) is 0.757. The maximum absolute atomic E-state index is 9.85. The number of nitrogens with one attached hydrogen (secondary N) is 1. The van der Waals surface area contributed by atoms with E-state index in [4.69, 9.17) is 0 Å². The molecule has 0 amide bonds. The minimum absolute atomic E-state index is 0.00515. The molecule has 2 unspecified atom stereocenters. The molecule has 0 bridgehead atoms. The molecule has 1 aliphatic rings. The summed E-state index contributed by atoms with van der Waals surface area (Å²) in [5.41, 5.74) is -0.00515. The summed E-state index contributed by atoms with van der Waals surface area (Å²) in [6.45, 7) is 6.97. The van der Waals surface area contributed by atoms with Crippen LogP contribution in [0.1, 0.15) is 33.6 Å². The summed E-state index contributed by atoms with van der Waals surface area (Å²) in [7, 11) is 0. The Morgan fingerprint density at radius 3 is 2.71 bits per heavy atom. The maximum atomic E-state index is 9.85. The number of rotatable bonds is 3. The van der Waals surface area contributed by atoms with Gasteiger partial charge in [-0.25, -0.2) is 0 Å². The third kappa shape index (κ3) is 4.20. The van der Waals surface area contributed by atoms with Gasteiger partial charge in [0.25, 0.3) is 0 Å². The minimum Gasteiger partial charge on any atom is -0.391 e. The molecule has 0 aromatic heterocycles. The third-order valence-electron chi connectivity index (χ3n) is 2.76. The second kappa shape index (κ2) is 5.38. The maximum Gasteiger partial charge on any atom is 0.0712 e. The lowest BCUT2D eigenvalue weighted by Crippen LogP contribution is -2.43. The van der Waals surface area contributed by atoms with Gasteiger partial charge in [0.2, 0.25) is 0 Å². The van der Waals surface area contributed by atoms with E-state index in [-0.39, 0.29) is 11.5 Å². The van der Waals surface area contributed by atoms with E-state index in [1.165, 1.54) is 24.3 Å². The number of aliphatic hydroxyl groups is 1. The highest BCUT2D eigenvalue weighted by atomic mass is 32.2. The Labute approximate surface area is 91.9 Å². The van der Waals surface area contributed by atoms with Crippen molar-refractivity contribution in [1.29, 1.82) is 0 Å². The molecular weight excluding hydrogens is 194 g/mol. The average Bonchev–Trinajstić information content (AvgIpc) is 2.14. The number of hydrogen-bond donors (Lipinski definition) is 2. The predicted octanol–water partition coefficient (Wildman–Crippen LogP) is 1.88. The Hall–Kier alpha value is 0.270. The molecule has 0 aliphatic carbocycles. The van der Waals surface area contributed by atoms with E-state index >= 15 is 0 Å². The largest absolute Gasteiger partial charge is 0.391 e. The summed E-state index contributed by atoms with van der Waals surface area (Å²) in [5, 5.41) is 13.3. The van der Waals surface area contributed by atoms with Crippen LogP contribution in [-0.2, 0) is 0 Å². The van der Waals surface area contributed by atoms with E-state index in [0.717, 1.165) is 6.54 Å². The van der Waals surface area contributed by atoms with Crippen LogP contribution in [0, 0.1) is 5.41 Å². The summed E-state index contributed by atoms with van der Waals surface area (Å²) in [5.74, 6) is 2.51. The summed E-state index contributed by atoms with van der Waals surface area (Å²) < 4.78 is 0. The molecule has 0 aromatic carbocycles. The van der Waals surface area contributed by atoms with Gasteiger partial charge in [-0.05, 0) is 24.0 Å². The fraction of sp³-hybridized carbons (Fsp3) is 1.00. The Balaban J connectivity index is 2.19. The standard InChI is InChI=1S/C11H23NOS/c1-11(2,3)10(13)7-12-9-5-4-6-14-8-9/h9-10,12-13H,4-8H2,1-3H3. The predicted molar refractivity (Wildman–Crippen MR) is 63.8 cm³/mol. The molecular formula is C11H23NOS. The molecule has 1 rings (SSSR count). The first-order chi connectivity index (χ1) is 6.50. The van der Waals surface area contributed by atoms with Crippen LogP contribution in [-0.4, -0.2) is 35.3 Å². The summed E-state index contributed by atoms with van der Waals surface area (Å²) >= 11 is 2.02. The highest BCUT2D eigenvalue weighted by Crippen LogP contribution is 2.20. The van der Waals surface area contributed by atoms with Crippen molar-refractivity contribution in [3.05, 3.63) is 0 Å². The molecule has 1 aliphatic heterocycles. The van der Waals surface area contributed by atoms with Gasteiger partial charge >= 0.3 is 0 Å². The summed E-state index contributed by atoms with van der Waals surface area (Å²) in [6, 6.07) is 0.616. The van der Waals surface area contributed by atoms with Gasteiger partial charge in [-0.1, -0.05) is 20.8 Å². The second-order valence-electron chi connectivity index (χ2n) is 5.20. The van der Waals surface area contributed by atoms with E-state index in [0.29, 0.717) is 6.04 Å². The lowest BCUT2D eigenvalue weighted by Gasteiger charge is -2.29. The molecule has 3 heteroatoms. The van der Waals surface area contributed by atoms with Crippen LogP contribution in [0.15, 0.2) is 0 Å². The Morgan fingerprint density at radius 1 is 1.50 bits per heavy atom. The first-order valence-electron chi connectivity index (χ1n) is 5.49. The van der Waals surface area contributed by atoms with Gasteiger partial charge in [-0.15, -0.1) is 0 Å². The van der Waals surface area contributed by atoms with E-state index < -0.39 is 0 Å². The molecule has 1 fully saturated rings. The van der Waals surface area contributed by atoms with Crippen molar-refractivity contribution in [2.24, 2.45) is 5.41 Å². The van der Waals surface area contributed by atoms with Gasteiger partial charge < -0.3 is 10.4 Å². The molecule has 1 saturated heterocycles. The molecule has 0 radical (unpaired) electrons. The van der Waals surface area contributed by atoms with Gasteiger partial charge in [0.1, 0.15) is 0 Å². The Kier molecular flexibility index (Phi) is 4.74. The first-order valence-corrected chi connectivity index (χ1v) is 6.65. The van der Waals surface area contributed by atoms with E-state index in [9.17, 15) is 5.11 Å². The summed E-state index contributed by atoms with van der Waals surface area (Å²) in [4.78, 5) is 0. The molecule has 0 spiro atoms. The number of thioether (sulfide) groups is 1. The Bertz CT molecular complexity index is 161. The molecule has 1 heterocycles. The number of hydrogen-bond acceptors (Lipinski definition) is 3. The molecule has 2 nitrogen and oxygen atoms in total. The van der Waals surface area contributed by atoms with Crippen molar-refractivity contribution in [2.75, 3.05) is 18.1 Å². The Morgan fingerprint density at radius 2 is 2.21 bits per heavy atom. The minimum atomic E-state index is -0.241. The lowest BCUT2D eigenvalue weighted by molar-refractivity contribution is 0.0607. The van der Waals surface area contributed by atoms with Crippen LogP contribution in [0.5, 0.6) is 0 Å². The van der Waals surface area contributed by atoms with Crippen molar-refractivity contribution in [2.45, 2.75) is 45.8 Å². The molecule has 84 valence electrons. The van der Waals surface area contributed by atoms with Gasteiger partial charge in [0.15, 0.2) is 0 Å². The number of aliphatic hydroxyl groups excluding tert-OH is 1. The monoisotopic (exact) mass is 217 g/mol. The van der Waals surface area contributed by atoms with E-state index in [2.05, 4.69) is 26.1 Å². The zero-order valence-corrected chi connectivity index (χ0v) is 10.4. The fourth-order valence-corrected chi connectivity index (χ4v) is 2.59. The SMILES string of the molecule is CC(C)(C)C(O)CNC1CCCSC1. The first kappa shape index (κ1) is 12.3. The highest BCUT2D eigenvalue weighted by molar-refractivity contribution is 7.99. The zero-order chi connectivity index (χ0) is 10.6. The van der Waals surface area contributed by atoms with Crippen LogP contribution in [0.2, 0.25) is 0 Å². The average molecular weight is 217 g/mol. The zero-order valence-electron chi connectivity index (χ0n) is 9.55. The van der Waals surface area contributed by atoms with Crippen molar-refractivity contribution in [3.8, 4) is 0 Å². The van der Waals surface area contributed by atoms with Gasteiger partial charge in [0, 0.05) is 18.3 Å². The van der Waals surface area contributed by atoms with Crippen molar-refractivity contribution in [3.63, 3.8) is 0 Å². The van der Waals surface area contributed by atoms with Crippen molar-refractivity contribution in [1.82, 2.24) is 5.32 Å².